The van der Waals surface area contributed by atoms with Gasteiger partial charge in [-0.3, -0.25) is 4.79 Å². The molecule has 0 radical (unpaired) electrons. The van der Waals surface area contributed by atoms with Crippen LogP contribution >= 0.6 is 0 Å². The maximum atomic E-state index is 14.2. The Labute approximate surface area is 209 Å². The van der Waals surface area contributed by atoms with Crippen LogP contribution in [0.2, 0.25) is 0 Å². The standard InChI is InChI=1S/C22H24F10O6/c1-16(23,24)14(33)35-7-18(25,26)19(27,28)8-36-15(34)17-4-11-2-12(5-17)22(13(3-11)6-17)37-9-20(29,30)21(31,32)10-38-22/h11-13H,2-10H2,1H3. The molecule has 2 unspecified atom stereocenters. The van der Waals surface area contributed by atoms with Gasteiger partial charge in [-0.2, -0.15) is 43.9 Å². The van der Waals surface area contributed by atoms with Crippen molar-refractivity contribution in [1.29, 1.82) is 0 Å². The molecular weight excluding hydrogens is 550 g/mol. The summed E-state index contributed by atoms with van der Waals surface area (Å²) >= 11 is 0. The molecule has 0 N–H and O–H groups in total. The third kappa shape index (κ3) is 4.73. The van der Waals surface area contributed by atoms with Crippen LogP contribution in [0.25, 0.3) is 0 Å². The summed E-state index contributed by atoms with van der Waals surface area (Å²) < 4.78 is 156. The van der Waals surface area contributed by atoms with Crippen LogP contribution in [0.3, 0.4) is 0 Å². The largest absolute Gasteiger partial charge is 0.459 e. The Morgan fingerprint density at radius 1 is 0.789 bits per heavy atom. The lowest BCUT2D eigenvalue weighted by atomic mass is 9.47. The van der Waals surface area contributed by atoms with E-state index in [-0.39, 0.29) is 44.9 Å². The zero-order valence-electron chi connectivity index (χ0n) is 19.8. The lowest BCUT2D eigenvalue weighted by Gasteiger charge is -2.62. The zero-order valence-corrected chi connectivity index (χ0v) is 19.8. The maximum Gasteiger partial charge on any atom is 0.376 e. The summed E-state index contributed by atoms with van der Waals surface area (Å²) in [4.78, 5) is 23.9. The van der Waals surface area contributed by atoms with Crippen molar-refractivity contribution in [3.05, 3.63) is 0 Å². The van der Waals surface area contributed by atoms with Gasteiger partial charge in [0.15, 0.2) is 19.0 Å². The van der Waals surface area contributed by atoms with Crippen LogP contribution in [0.15, 0.2) is 0 Å². The quantitative estimate of drug-likeness (QED) is 0.320. The molecule has 38 heavy (non-hydrogen) atoms. The number of halogens is 10. The van der Waals surface area contributed by atoms with E-state index in [9.17, 15) is 53.5 Å². The normalized spacial score (nSPS) is 33.6. The van der Waals surface area contributed by atoms with Crippen LogP contribution < -0.4 is 0 Å². The fraction of sp³-hybridized carbons (Fsp3) is 0.909. The van der Waals surface area contributed by atoms with Crippen LogP contribution in [-0.2, 0) is 28.5 Å². The summed E-state index contributed by atoms with van der Waals surface area (Å²) in [5.74, 6) is -31.0. The number of carbonyl (C=O) groups excluding carboxylic acids is 2. The predicted octanol–water partition coefficient (Wildman–Crippen LogP) is 4.84. The van der Waals surface area contributed by atoms with Gasteiger partial charge in [0.2, 0.25) is 0 Å². The molecule has 218 valence electrons. The highest BCUT2D eigenvalue weighted by molar-refractivity contribution is 5.78. The molecule has 4 aliphatic carbocycles. The predicted molar refractivity (Wildman–Crippen MR) is 103 cm³/mol. The molecule has 0 amide bonds. The molecule has 4 bridgehead atoms. The van der Waals surface area contributed by atoms with E-state index < -0.39 is 91.0 Å². The van der Waals surface area contributed by atoms with Gasteiger partial charge in [-0.1, -0.05) is 0 Å². The van der Waals surface area contributed by atoms with E-state index in [0.29, 0.717) is 0 Å². The van der Waals surface area contributed by atoms with E-state index in [1.807, 2.05) is 0 Å². The molecule has 1 saturated heterocycles. The minimum atomic E-state index is -5.17. The average molecular weight is 574 g/mol. The molecule has 6 nitrogen and oxygen atoms in total. The molecule has 5 aliphatic rings. The van der Waals surface area contributed by atoms with Crippen molar-refractivity contribution < 1.29 is 72.4 Å². The molecule has 4 saturated carbocycles. The first-order valence-corrected chi connectivity index (χ1v) is 11.7. The Balaban J connectivity index is 1.43. The second kappa shape index (κ2) is 8.83. The first-order chi connectivity index (χ1) is 17.2. The Hall–Kier alpha value is -1.84. The van der Waals surface area contributed by atoms with Crippen molar-refractivity contribution >= 4 is 11.9 Å². The molecule has 2 atom stereocenters. The van der Waals surface area contributed by atoms with Crippen molar-refractivity contribution in [1.82, 2.24) is 0 Å². The minimum absolute atomic E-state index is 0.0191. The SMILES string of the molecule is CC(F)(F)C(=O)OCC(F)(F)C(F)(F)COC(=O)C12CC3CC(C1)C1(OCC(F)(F)C(F)(F)CO1)C(C3)C2. The van der Waals surface area contributed by atoms with Crippen molar-refractivity contribution in [2.75, 3.05) is 26.4 Å². The third-order valence-electron chi connectivity index (χ3n) is 7.92. The van der Waals surface area contributed by atoms with Crippen molar-refractivity contribution in [3.63, 3.8) is 0 Å². The Kier molecular flexibility index (Phi) is 6.77. The highest BCUT2D eigenvalue weighted by Crippen LogP contribution is 2.66. The highest BCUT2D eigenvalue weighted by Gasteiger charge is 2.70. The molecular formula is C22H24F10O6. The van der Waals surface area contributed by atoms with Gasteiger partial charge in [-0.15, -0.1) is 0 Å². The van der Waals surface area contributed by atoms with Gasteiger partial charge in [0.25, 0.3) is 0 Å². The molecule has 5 rings (SSSR count). The Morgan fingerprint density at radius 3 is 1.68 bits per heavy atom. The summed E-state index contributed by atoms with van der Waals surface area (Å²) in [5.41, 5.74) is -1.49. The van der Waals surface area contributed by atoms with Gasteiger partial charge in [-0.05, 0) is 38.0 Å². The smallest absolute Gasteiger partial charge is 0.376 e. The molecule has 0 aromatic heterocycles. The number of carbonyl (C=O) groups is 2. The van der Waals surface area contributed by atoms with Gasteiger partial charge in [-0.25, -0.2) is 4.79 Å². The van der Waals surface area contributed by atoms with E-state index in [2.05, 4.69) is 9.47 Å². The van der Waals surface area contributed by atoms with Gasteiger partial charge in [0, 0.05) is 18.8 Å². The topological polar surface area (TPSA) is 71.1 Å². The fourth-order valence-electron chi connectivity index (χ4n) is 6.11. The Bertz CT molecular complexity index is 929. The number of hydrogen-bond donors (Lipinski definition) is 0. The first-order valence-electron chi connectivity index (χ1n) is 11.7. The lowest BCUT2D eigenvalue weighted by Crippen LogP contribution is -2.65. The van der Waals surface area contributed by atoms with E-state index in [0.717, 1.165) is 0 Å². The van der Waals surface area contributed by atoms with Crippen molar-refractivity contribution in [3.8, 4) is 0 Å². The summed E-state index contributed by atoms with van der Waals surface area (Å²) in [6.07, 6.45) is 0.170. The number of esters is 2. The molecule has 0 aromatic carbocycles. The molecule has 1 aliphatic heterocycles. The lowest BCUT2D eigenvalue weighted by molar-refractivity contribution is -0.346. The zero-order chi connectivity index (χ0) is 28.6. The Morgan fingerprint density at radius 2 is 1.24 bits per heavy atom. The number of alkyl halides is 10. The van der Waals surface area contributed by atoms with Crippen LogP contribution in [0.1, 0.15) is 39.0 Å². The summed E-state index contributed by atoms with van der Waals surface area (Å²) in [6.45, 7) is -7.82. The fourth-order valence-corrected chi connectivity index (χ4v) is 6.11. The van der Waals surface area contributed by atoms with E-state index in [1.165, 1.54) is 0 Å². The van der Waals surface area contributed by atoms with E-state index in [1.54, 1.807) is 0 Å². The molecule has 5 fully saturated rings. The van der Waals surface area contributed by atoms with Gasteiger partial charge >= 0.3 is 41.6 Å². The van der Waals surface area contributed by atoms with Crippen LogP contribution in [0.5, 0.6) is 0 Å². The van der Waals surface area contributed by atoms with E-state index >= 15 is 0 Å². The number of ether oxygens (including phenoxy) is 4. The van der Waals surface area contributed by atoms with Crippen LogP contribution in [0.4, 0.5) is 43.9 Å². The second-order valence-electron chi connectivity index (χ2n) is 10.8. The molecule has 16 heteroatoms. The van der Waals surface area contributed by atoms with Crippen molar-refractivity contribution in [2.24, 2.45) is 23.2 Å². The van der Waals surface area contributed by atoms with E-state index in [4.69, 9.17) is 9.47 Å². The molecule has 1 heterocycles. The maximum absolute atomic E-state index is 14.2. The van der Waals surface area contributed by atoms with Gasteiger partial charge < -0.3 is 18.9 Å². The highest BCUT2D eigenvalue weighted by atomic mass is 19.3. The number of hydrogen-bond acceptors (Lipinski definition) is 6. The minimum Gasteiger partial charge on any atom is -0.459 e. The van der Waals surface area contributed by atoms with Gasteiger partial charge in [0.1, 0.15) is 13.2 Å². The first kappa shape index (κ1) is 29.2. The van der Waals surface area contributed by atoms with Crippen LogP contribution in [0, 0.1) is 23.2 Å². The second-order valence-corrected chi connectivity index (χ2v) is 10.8. The average Bonchev–Trinajstić information content (AvgIpc) is 2.87. The van der Waals surface area contributed by atoms with Crippen LogP contribution in [-0.4, -0.2) is 73.8 Å². The molecule has 1 spiro atoms. The van der Waals surface area contributed by atoms with Gasteiger partial charge in [0.05, 0.1) is 5.41 Å². The summed E-state index contributed by atoms with van der Waals surface area (Å²) in [6, 6.07) is 0. The monoisotopic (exact) mass is 574 g/mol. The van der Waals surface area contributed by atoms with Crippen molar-refractivity contribution in [2.45, 2.75) is 74.4 Å². The number of rotatable bonds is 7. The molecule has 0 aromatic rings. The third-order valence-corrected chi connectivity index (χ3v) is 7.92. The summed E-state index contributed by atoms with van der Waals surface area (Å²) in [7, 11) is 0. The summed E-state index contributed by atoms with van der Waals surface area (Å²) in [5, 5.41) is 0.